The molecule has 0 bridgehead atoms. The average Bonchev–Trinajstić information content (AvgIpc) is 1.86. The van der Waals surface area contributed by atoms with Crippen molar-refractivity contribution in [2.24, 2.45) is 0 Å². The van der Waals surface area contributed by atoms with Crippen LogP contribution in [0.4, 0.5) is 0 Å². The third kappa shape index (κ3) is 5.71. The van der Waals surface area contributed by atoms with Crippen LogP contribution in [0, 0.1) is 6.92 Å². The van der Waals surface area contributed by atoms with E-state index < -0.39 is 10.1 Å². The Balaban J connectivity index is -0.000000403. The predicted octanol–water partition coefficient (Wildman–Crippen LogP) is -2.76. The second kappa shape index (κ2) is 7.36. The van der Waals surface area contributed by atoms with Crippen molar-refractivity contribution in [2.45, 2.75) is 11.8 Å². The first-order chi connectivity index (χ1) is 5.00. The monoisotopic (exact) mass is 230 g/mol. The average molecular weight is 230 g/mol. The van der Waals surface area contributed by atoms with Crippen molar-refractivity contribution in [3.8, 4) is 0 Å². The summed E-state index contributed by atoms with van der Waals surface area (Å²) in [4.78, 5) is -0.0666. The van der Waals surface area contributed by atoms with Crippen LogP contribution in [0.2, 0.25) is 0 Å². The summed E-state index contributed by atoms with van der Waals surface area (Å²) in [5, 5.41) is 0. The molecule has 0 atom stereocenters. The van der Waals surface area contributed by atoms with Crippen LogP contribution in [-0.2, 0) is 10.1 Å². The molecule has 0 aliphatic carbocycles. The summed E-state index contributed by atoms with van der Waals surface area (Å²) in [5.41, 5.74) is 0.956. The van der Waals surface area contributed by atoms with Gasteiger partial charge in [0.15, 0.2) is 0 Å². The zero-order valence-electron chi connectivity index (χ0n) is 7.93. The zero-order valence-corrected chi connectivity index (χ0v) is 10.7. The number of aryl methyl sites for hydroxylation is 1. The van der Waals surface area contributed by atoms with Crippen LogP contribution in [0.25, 0.3) is 0 Å². The summed E-state index contributed by atoms with van der Waals surface area (Å²) in [6.07, 6.45) is 0. The van der Waals surface area contributed by atoms with E-state index in [0.29, 0.717) is 0 Å². The van der Waals surface area contributed by atoms with Crippen LogP contribution in [0.15, 0.2) is 29.2 Å². The van der Waals surface area contributed by atoms with E-state index in [2.05, 4.69) is 0 Å². The number of hydrogen-bond acceptors (Lipinski definition) is 3. The molecule has 0 unspecified atom stereocenters. The maximum Gasteiger partial charge on any atom is 1.00 e. The second-order valence-electron chi connectivity index (χ2n) is 2.29. The Hall–Kier alpha value is 0.0500. The van der Waals surface area contributed by atoms with Crippen molar-refractivity contribution >= 4 is 10.1 Å². The van der Waals surface area contributed by atoms with Gasteiger partial charge in [-0.2, -0.15) is 8.42 Å². The molecule has 1 aromatic rings. The van der Waals surface area contributed by atoms with Crippen molar-refractivity contribution in [3.63, 3.8) is 0 Å². The van der Waals surface area contributed by atoms with Gasteiger partial charge in [0.25, 0.3) is 10.1 Å². The summed E-state index contributed by atoms with van der Waals surface area (Å²) in [7, 11) is -4.02. The van der Waals surface area contributed by atoms with E-state index in [1.807, 2.05) is 6.92 Å². The normalized spacial score (nSPS) is 9.00. The Morgan fingerprint density at radius 2 is 1.50 bits per heavy atom. The van der Waals surface area contributed by atoms with E-state index in [1.54, 1.807) is 12.1 Å². The summed E-state index contributed by atoms with van der Waals surface area (Å²) in [5.74, 6) is 0. The molecule has 1 aromatic carbocycles. The van der Waals surface area contributed by atoms with Crippen molar-refractivity contribution in [2.75, 3.05) is 0 Å². The van der Waals surface area contributed by atoms with Crippen molar-refractivity contribution in [3.05, 3.63) is 29.8 Å². The van der Waals surface area contributed by atoms with Crippen LogP contribution in [0.5, 0.6) is 0 Å². The van der Waals surface area contributed by atoms with E-state index in [-0.39, 0.29) is 45.4 Å². The smallest absolute Gasteiger partial charge is 0.870 e. The van der Waals surface area contributed by atoms with Gasteiger partial charge < -0.3 is 11.0 Å². The molecule has 76 valence electrons. The third-order valence-corrected chi connectivity index (χ3v) is 2.19. The predicted molar refractivity (Wildman–Crippen MR) is 46.5 cm³/mol. The number of rotatable bonds is 1. The van der Waals surface area contributed by atoms with Gasteiger partial charge in [-0.3, -0.25) is 4.55 Å². The molecule has 0 saturated carbocycles. The van der Waals surface area contributed by atoms with E-state index in [1.165, 1.54) is 12.1 Å². The Morgan fingerprint density at radius 1 is 1.14 bits per heavy atom. The fourth-order valence-electron chi connectivity index (χ4n) is 0.710. The maximum absolute atomic E-state index is 10.5. The third-order valence-electron chi connectivity index (χ3n) is 1.32. The van der Waals surface area contributed by atoms with Crippen LogP contribution >= 0.6 is 0 Å². The molecule has 5 nitrogen and oxygen atoms in total. The molecule has 0 radical (unpaired) electrons. The van der Waals surface area contributed by atoms with Gasteiger partial charge in [0, 0.05) is 0 Å². The molecule has 4 N–H and O–H groups in total. The van der Waals surface area contributed by atoms with Gasteiger partial charge >= 0.3 is 29.6 Å². The number of hydrogen-bond donors (Lipinski definition) is 1. The Morgan fingerprint density at radius 3 is 1.79 bits per heavy atom. The van der Waals surface area contributed by atoms with Gasteiger partial charge in [-0.1, -0.05) is 17.7 Å². The molecule has 0 fully saturated rings. The molecule has 0 heterocycles. The van der Waals surface area contributed by atoms with Crippen molar-refractivity contribution in [1.29, 1.82) is 0 Å². The molecule has 0 aliphatic heterocycles. The molecule has 1 rings (SSSR count). The molecule has 7 heteroatoms. The summed E-state index contributed by atoms with van der Waals surface area (Å²) < 4.78 is 29.6. The van der Waals surface area contributed by atoms with Gasteiger partial charge in [-0.25, -0.2) is 0 Å². The first-order valence-electron chi connectivity index (χ1n) is 3.04. The first kappa shape index (κ1) is 19.6. The van der Waals surface area contributed by atoms with Gasteiger partial charge in [-0.15, -0.1) is 0 Å². The Bertz CT molecular complexity index is 345. The Labute approximate surface area is 105 Å². The van der Waals surface area contributed by atoms with Crippen LogP contribution < -0.4 is 29.6 Å². The Kier molecular flexibility index (Phi) is 10.3. The van der Waals surface area contributed by atoms with Crippen LogP contribution in [0.3, 0.4) is 0 Å². The SMILES string of the molecule is Cc1ccc(S(=O)(=O)O)cc1.O.[Na+].[OH-]. The summed E-state index contributed by atoms with van der Waals surface area (Å²) >= 11 is 0. The minimum Gasteiger partial charge on any atom is -0.870 e. The molecule has 0 aliphatic rings. The quantitative estimate of drug-likeness (QED) is 0.415. The standard InChI is InChI=1S/C7H8O3S.Na.2H2O/c1-6-2-4-7(5-3-6)11(8,9)10;;;/h2-5H,1H3,(H,8,9,10);;2*1H2/q;+1;;/p-1. The molecule has 0 aromatic heterocycles. The van der Waals surface area contributed by atoms with Gasteiger partial charge in [0.05, 0.1) is 4.90 Å². The molecular weight excluding hydrogens is 219 g/mol. The second-order valence-corrected chi connectivity index (χ2v) is 3.71. The largest absolute Gasteiger partial charge is 1.00 e. The van der Waals surface area contributed by atoms with Crippen LogP contribution in [-0.4, -0.2) is 23.9 Å². The fraction of sp³-hybridized carbons (Fsp3) is 0.143. The maximum atomic E-state index is 10.5. The molecule has 14 heavy (non-hydrogen) atoms. The molecule has 0 saturated heterocycles. The van der Waals surface area contributed by atoms with Gasteiger partial charge in [-0.05, 0) is 19.1 Å². The fourth-order valence-corrected chi connectivity index (χ4v) is 1.19. The van der Waals surface area contributed by atoms with Crippen molar-refractivity contribution in [1.82, 2.24) is 0 Å². The summed E-state index contributed by atoms with van der Waals surface area (Å²) in [6.45, 7) is 1.84. The molecule has 0 amide bonds. The number of benzene rings is 1. The minimum absolute atomic E-state index is 0. The van der Waals surface area contributed by atoms with E-state index in [4.69, 9.17) is 4.55 Å². The minimum atomic E-state index is -4.02. The van der Waals surface area contributed by atoms with Gasteiger partial charge in [0.1, 0.15) is 0 Å². The molecular formula is C7H11NaO5S. The molecule has 0 spiro atoms. The zero-order chi connectivity index (χ0) is 8.48. The van der Waals surface area contributed by atoms with E-state index in [9.17, 15) is 8.42 Å². The van der Waals surface area contributed by atoms with Crippen molar-refractivity contribution < 1.29 is 53.5 Å². The first-order valence-corrected chi connectivity index (χ1v) is 4.48. The van der Waals surface area contributed by atoms with E-state index >= 15 is 0 Å². The van der Waals surface area contributed by atoms with E-state index in [0.717, 1.165) is 5.56 Å². The van der Waals surface area contributed by atoms with Gasteiger partial charge in [0.2, 0.25) is 0 Å². The summed E-state index contributed by atoms with van der Waals surface area (Å²) in [6, 6.07) is 5.99. The van der Waals surface area contributed by atoms with Crippen LogP contribution in [0.1, 0.15) is 5.56 Å². The topological polar surface area (TPSA) is 116 Å².